The van der Waals surface area contributed by atoms with Gasteiger partial charge in [0.2, 0.25) is 0 Å². The van der Waals surface area contributed by atoms with Gasteiger partial charge < -0.3 is 4.74 Å². The summed E-state index contributed by atoms with van der Waals surface area (Å²) in [7, 11) is 0. The fourth-order valence-corrected chi connectivity index (χ4v) is 11.1. The van der Waals surface area contributed by atoms with Gasteiger partial charge >= 0.3 is 5.97 Å². The molecule has 0 aliphatic heterocycles. The Bertz CT molecular complexity index is 1210. The molecule has 0 spiro atoms. The summed E-state index contributed by atoms with van der Waals surface area (Å²) in [5.41, 5.74) is 2.49. The minimum atomic E-state index is 0.0284. The predicted octanol–water partition coefficient (Wildman–Crippen LogP) is 14.6. The first-order valence-corrected chi connectivity index (χ1v) is 21.8. The third-order valence-electron chi connectivity index (χ3n) is 14.0. The van der Waals surface area contributed by atoms with Crippen molar-refractivity contribution >= 4 is 5.97 Å². The van der Waals surface area contributed by atoms with Crippen molar-refractivity contribution in [1.29, 1.82) is 0 Å². The Kier molecular flexibility index (Phi) is 17.6. The van der Waals surface area contributed by atoms with E-state index in [2.05, 4.69) is 108 Å². The number of hydrogen-bond donors (Lipinski definition) is 0. The number of unbranched alkanes of at least 4 members (excludes halogenated alkanes) is 3. The van der Waals surface area contributed by atoms with Gasteiger partial charge in [-0.3, -0.25) is 4.79 Å². The SMILES string of the molecule is CC/C=C/C/C=C/C/C=C/C/C=C/C/C=C/CCCCCC(=O)O[C@H]1CC[C@@]2(C)C(=CC[C@H]3[C@@H]4CC[C@H]([C@H](C)CCCC(C)C)[C@@]4(C)CC[C@@H]32)C1. The van der Waals surface area contributed by atoms with Gasteiger partial charge in [0.05, 0.1) is 0 Å². The molecule has 8 atom stereocenters. The van der Waals surface area contributed by atoms with Crippen molar-refractivity contribution < 1.29 is 9.53 Å². The smallest absolute Gasteiger partial charge is 0.306 e. The number of rotatable bonds is 21. The van der Waals surface area contributed by atoms with E-state index in [1.54, 1.807) is 5.57 Å². The average Bonchev–Trinajstić information content (AvgIpc) is 3.46. The molecule has 0 heterocycles. The van der Waals surface area contributed by atoms with E-state index in [1.165, 1.54) is 57.8 Å². The van der Waals surface area contributed by atoms with Crippen LogP contribution in [0.25, 0.3) is 0 Å². The van der Waals surface area contributed by atoms with Crippen LogP contribution in [0.3, 0.4) is 0 Å². The molecule has 286 valence electrons. The fourth-order valence-electron chi connectivity index (χ4n) is 11.1. The number of carbonyl (C=O) groups is 1. The standard InChI is InChI=1S/C49H78O2/c1-7-8-9-10-11-12-13-14-15-16-17-18-19-20-21-22-23-24-25-29-47(50)51-42-34-36-48(5)41(38-42)30-31-43-45-33-32-44(40(4)28-26-27-39(2)3)49(45,6)37-35-46(43)48/h8-9,11-12,14-15,17-18,20-21,30,39-40,42-46H,7,10,13,16,19,22-29,31-38H2,1-6H3/b9-8+,12-11+,15-14+,18-17+,21-20+/t40-,42+,43+,44-,45+,46+,48+,49-/m1/s1. The van der Waals surface area contributed by atoms with Gasteiger partial charge in [-0.2, -0.15) is 0 Å². The van der Waals surface area contributed by atoms with Crippen LogP contribution in [0.5, 0.6) is 0 Å². The maximum absolute atomic E-state index is 12.8. The molecule has 4 rings (SSSR count). The number of ether oxygens (including phenoxy) is 1. The summed E-state index contributed by atoms with van der Waals surface area (Å²) in [6, 6.07) is 0. The summed E-state index contributed by atoms with van der Waals surface area (Å²) in [5, 5.41) is 0. The van der Waals surface area contributed by atoms with E-state index in [0.29, 0.717) is 17.3 Å². The monoisotopic (exact) mass is 699 g/mol. The lowest BCUT2D eigenvalue weighted by Crippen LogP contribution is -2.51. The van der Waals surface area contributed by atoms with Crippen molar-refractivity contribution in [3.05, 3.63) is 72.4 Å². The van der Waals surface area contributed by atoms with Gasteiger partial charge in [-0.1, -0.05) is 140 Å². The lowest BCUT2D eigenvalue weighted by molar-refractivity contribution is -0.151. The fraction of sp³-hybridized carbons (Fsp3) is 0.735. The maximum atomic E-state index is 12.8. The third kappa shape index (κ3) is 12.2. The van der Waals surface area contributed by atoms with Crippen molar-refractivity contribution in [3.63, 3.8) is 0 Å². The van der Waals surface area contributed by atoms with Gasteiger partial charge in [0.25, 0.3) is 0 Å². The zero-order valence-electron chi connectivity index (χ0n) is 34.1. The first-order valence-electron chi connectivity index (χ1n) is 21.8. The Balaban J connectivity index is 1.09. The van der Waals surface area contributed by atoms with Crippen LogP contribution in [0, 0.1) is 46.3 Å². The lowest BCUT2D eigenvalue weighted by atomic mass is 9.47. The summed E-state index contributed by atoms with van der Waals surface area (Å²) < 4.78 is 6.12. The average molecular weight is 699 g/mol. The van der Waals surface area contributed by atoms with E-state index >= 15 is 0 Å². The van der Waals surface area contributed by atoms with E-state index in [-0.39, 0.29) is 12.1 Å². The molecule has 0 saturated heterocycles. The predicted molar refractivity (Wildman–Crippen MR) is 220 cm³/mol. The van der Waals surface area contributed by atoms with Crippen LogP contribution < -0.4 is 0 Å². The highest BCUT2D eigenvalue weighted by molar-refractivity contribution is 5.69. The van der Waals surface area contributed by atoms with E-state index < -0.39 is 0 Å². The molecule has 0 unspecified atom stereocenters. The highest BCUT2D eigenvalue weighted by Gasteiger charge is 2.59. The molecule has 4 aliphatic rings. The van der Waals surface area contributed by atoms with Gasteiger partial charge in [0.1, 0.15) is 6.10 Å². The second-order valence-corrected chi connectivity index (χ2v) is 18.0. The minimum Gasteiger partial charge on any atom is -0.462 e. The van der Waals surface area contributed by atoms with Crippen LogP contribution in [-0.4, -0.2) is 12.1 Å². The largest absolute Gasteiger partial charge is 0.462 e. The Hall–Kier alpha value is -2.09. The van der Waals surface area contributed by atoms with Crippen LogP contribution >= 0.6 is 0 Å². The van der Waals surface area contributed by atoms with E-state index in [9.17, 15) is 4.79 Å². The van der Waals surface area contributed by atoms with Gasteiger partial charge in [0.15, 0.2) is 0 Å². The van der Waals surface area contributed by atoms with Crippen molar-refractivity contribution in [2.45, 2.75) is 182 Å². The zero-order chi connectivity index (χ0) is 36.5. The lowest BCUT2D eigenvalue weighted by Gasteiger charge is -2.58. The highest BCUT2D eigenvalue weighted by atomic mass is 16.5. The number of carbonyl (C=O) groups excluding carboxylic acids is 1. The van der Waals surface area contributed by atoms with Crippen LogP contribution in [0.15, 0.2) is 72.4 Å². The molecule has 51 heavy (non-hydrogen) atoms. The minimum absolute atomic E-state index is 0.0284. The summed E-state index contributed by atoms with van der Waals surface area (Å²) >= 11 is 0. The molecule has 0 N–H and O–H groups in total. The maximum Gasteiger partial charge on any atom is 0.306 e. The number of hydrogen-bond acceptors (Lipinski definition) is 2. The van der Waals surface area contributed by atoms with E-state index in [4.69, 9.17) is 4.74 Å². The molecule has 2 heteroatoms. The second kappa shape index (κ2) is 21.6. The van der Waals surface area contributed by atoms with Crippen molar-refractivity contribution in [2.75, 3.05) is 0 Å². The third-order valence-corrected chi connectivity index (χ3v) is 14.0. The number of allylic oxidation sites excluding steroid dienone is 11. The molecule has 3 fully saturated rings. The molecular formula is C49H78O2. The normalized spacial score (nSPS) is 31.6. The second-order valence-electron chi connectivity index (χ2n) is 18.0. The Morgan fingerprint density at radius 3 is 2.10 bits per heavy atom. The molecule has 4 aliphatic carbocycles. The van der Waals surface area contributed by atoms with Crippen LogP contribution in [-0.2, 0) is 9.53 Å². The molecule has 2 nitrogen and oxygen atoms in total. The Morgan fingerprint density at radius 1 is 0.765 bits per heavy atom. The van der Waals surface area contributed by atoms with E-state index in [1.807, 2.05) is 0 Å². The zero-order valence-corrected chi connectivity index (χ0v) is 34.1. The first-order chi connectivity index (χ1) is 24.7. The van der Waals surface area contributed by atoms with Gasteiger partial charge in [-0.15, -0.1) is 0 Å². The van der Waals surface area contributed by atoms with Crippen LogP contribution in [0.2, 0.25) is 0 Å². The molecule has 0 aromatic heterocycles. The molecule has 0 bridgehead atoms. The van der Waals surface area contributed by atoms with Crippen molar-refractivity contribution in [2.24, 2.45) is 46.3 Å². The first kappa shape index (κ1) is 41.7. The highest BCUT2D eigenvalue weighted by Crippen LogP contribution is 2.67. The quantitative estimate of drug-likeness (QED) is 0.0677. The van der Waals surface area contributed by atoms with Crippen molar-refractivity contribution in [1.82, 2.24) is 0 Å². The van der Waals surface area contributed by atoms with Crippen LogP contribution in [0.4, 0.5) is 0 Å². The van der Waals surface area contributed by atoms with Crippen molar-refractivity contribution in [3.8, 4) is 0 Å². The van der Waals surface area contributed by atoms with Gasteiger partial charge in [-0.05, 0) is 143 Å². The van der Waals surface area contributed by atoms with Crippen LogP contribution in [0.1, 0.15) is 176 Å². The van der Waals surface area contributed by atoms with Gasteiger partial charge in [-0.25, -0.2) is 0 Å². The topological polar surface area (TPSA) is 26.3 Å². The molecular weight excluding hydrogens is 621 g/mol. The molecule has 0 amide bonds. The summed E-state index contributed by atoms with van der Waals surface area (Å²) in [4.78, 5) is 12.8. The number of fused-ring (bicyclic) bond motifs is 5. The molecule has 0 aromatic rings. The molecule has 3 saturated carbocycles. The molecule has 0 aromatic carbocycles. The Labute approximate surface area is 315 Å². The summed E-state index contributed by atoms with van der Waals surface area (Å²) in [5.74, 6) is 5.24. The number of esters is 1. The summed E-state index contributed by atoms with van der Waals surface area (Å²) in [6.07, 6.45) is 49.7. The Morgan fingerprint density at radius 2 is 1.43 bits per heavy atom. The van der Waals surface area contributed by atoms with Gasteiger partial charge in [0, 0.05) is 12.8 Å². The van der Waals surface area contributed by atoms with E-state index in [0.717, 1.165) is 106 Å². The summed E-state index contributed by atoms with van der Waals surface area (Å²) in [6.45, 7) is 14.8. The molecule has 0 radical (unpaired) electrons.